The lowest BCUT2D eigenvalue weighted by atomic mass is 10.3. The van der Waals surface area contributed by atoms with Crippen molar-refractivity contribution >= 4 is 27.3 Å². The summed E-state index contributed by atoms with van der Waals surface area (Å²) in [6, 6.07) is 12.2. The monoisotopic (exact) mass is 297 g/mol. The Hall–Kier alpha value is -1.72. The second-order valence-corrected chi connectivity index (χ2v) is 6.36. The maximum atomic E-state index is 12.4. The topological polar surface area (TPSA) is 57.6 Å². The van der Waals surface area contributed by atoms with Crippen LogP contribution in [0.3, 0.4) is 0 Å². The smallest absolute Gasteiger partial charge is 0.264 e. The molecule has 0 atom stereocenters. The van der Waals surface area contributed by atoms with Crippen LogP contribution in [0.4, 0.5) is 5.69 Å². The minimum atomic E-state index is -3.66. The molecule has 2 aromatic rings. The lowest BCUT2D eigenvalue weighted by Crippen LogP contribution is -2.26. The minimum Gasteiger partial charge on any atom is -0.508 e. The van der Waals surface area contributed by atoms with Gasteiger partial charge in [0.15, 0.2) is 0 Å². The van der Waals surface area contributed by atoms with Crippen LogP contribution in [-0.2, 0) is 10.0 Å². The first-order valence-corrected chi connectivity index (χ1v) is 7.26. The van der Waals surface area contributed by atoms with Crippen molar-refractivity contribution in [2.75, 3.05) is 11.4 Å². The van der Waals surface area contributed by atoms with Crippen molar-refractivity contribution in [1.29, 1.82) is 0 Å². The molecule has 0 fully saturated rings. The van der Waals surface area contributed by atoms with Crippen LogP contribution in [0.15, 0.2) is 53.4 Å². The fraction of sp³-hybridized carbons (Fsp3) is 0.0769. The molecule has 0 saturated carbocycles. The van der Waals surface area contributed by atoms with E-state index in [1.807, 2.05) is 0 Å². The number of sulfonamides is 1. The van der Waals surface area contributed by atoms with E-state index in [-0.39, 0.29) is 15.7 Å². The number of anilines is 1. The number of rotatable bonds is 3. The van der Waals surface area contributed by atoms with E-state index in [0.717, 1.165) is 4.31 Å². The van der Waals surface area contributed by atoms with Crippen molar-refractivity contribution in [2.45, 2.75) is 4.90 Å². The molecule has 0 aliphatic carbocycles. The van der Waals surface area contributed by atoms with E-state index in [9.17, 15) is 13.5 Å². The van der Waals surface area contributed by atoms with Crippen LogP contribution in [0, 0.1) is 0 Å². The number of hydrogen-bond donors (Lipinski definition) is 1. The van der Waals surface area contributed by atoms with Gasteiger partial charge in [0.1, 0.15) is 5.75 Å². The summed E-state index contributed by atoms with van der Waals surface area (Å²) in [6.07, 6.45) is 0. The van der Waals surface area contributed by atoms with Crippen LogP contribution in [-0.4, -0.2) is 20.6 Å². The molecule has 4 nitrogen and oxygen atoms in total. The Balaban J connectivity index is 2.46. The van der Waals surface area contributed by atoms with Crippen molar-refractivity contribution in [1.82, 2.24) is 0 Å². The molecule has 0 bridgehead atoms. The first kappa shape index (κ1) is 13.7. The van der Waals surface area contributed by atoms with Crippen LogP contribution >= 0.6 is 11.6 Å². The Kier molecular flexibility index (Phi) is 3.68. The number of halogens is 1. The van der Waals surface area contributed by atoms with E-state index in [4.69, 9.17) is 11.6 Å². The molecule has 100 valence electrons. The fourth-order valence-corrected chi connectivity index (χ4v) is 3.05. The zero-order valence-electron chi connectivity index (χ0n) is 10.1. The maximum Gasteiger partial charge on any atom is 0.264 e. The van der Waals surface area contributed by atoms with Crippen molar-refractivity contribution in [2.24, 2.45) is 0 Å². The summed E-state index contributed by atoms with van der Waals surface area (Å²) in [5.74, 6) is -0.0855. The average Bonchev–Trinajstić information content (AvgIpc) is 2.37. The number of aromatic hydroxyl groups is 1. The number of nitrogens with zero attached hydrogens (tertiary/aromatic N) is 1. The van der Waals surface area contributed by atoms with Gasteiger partial charge in [0.05, 0.1) is 10.6 Å². The molecule has 2 aromatic carbocycles. The van der Waals surface area contributed by atoms with Gasteiger partial charge in [-0.2, -0.15) is 0 Å². The highest BCUT2D eigenvalue weighted by atomic mass is 35.5. The number of hydrogen-bond acceptors (Lipinski definition) is 3. The second kappa shape index (κ2) is 5.11. The summed E-state index contributed by atoms with van der Waals surface area (Å²) in [4.78, 5) is 0.178. The molecule has 0 saturated heterocycles. The fourth-order valence-electron chi connectivity index (χ4n) is 1.63. The maximum absolute atomic E-state index is 12.4. The number of phenols is 1. The largest absolute Gasteiger partial charge is 0.508 e. The van der Waals surface area contributed by atoms with Crippen LogP contribution in [0.25, 0.3) is 0 Å². The summed E-state index contributed by atoms with van der Waals surface area (Å²) >= 11 is 5.81. The Labute approximate surface area is 116 Å². The molecule has 2 rings (SSSR count). The quantitative estimate of drug-likeness (QED) is 0.948. The zero-order valence-corrected chi connectivity index (χ0v) is 11.7. The first-order valence-electron chi connectivity index (χ1n) is 5.45. The number of benzene rings is 2. The second-order valence-electron chi connectivity index (χ2n) is 3.95. The van der Waals surface area contributed by atoms with Gasteiger partial charge in [-0.3, -0.25) is 4.31 Å². The Morgan fingerprint density at radius 1 is 1.11 bits per heavy atom. The summed E-state index contributed by atoms with van der Waals surface area (Å²) < 4.78 is 25.8. The molecular weight excluding hydrogens is 286 g/mol. The van der Waals surface area contributed by atoms with Crippen LogP contribution in [0.1, 0.15) is 0 Å². The molecule has 19 heavy (non-hydrogen) atoms. The molecule has 0 amide bonds. The SMILES string of the molecule is CN(c1cc(O)cc(Cl)c1)S(=O)(=O)c1ccccc1. The van der Waals surface area contributed by atoms with Gasteiger partial charge in [0, 0.05) is 18.1 Å². The molecule has 0 aromatic heterocycles. The zero-order chi connectivity index (χ0) is 14.0. The van der Waals surface area contributed by atoms with Gasteiger partial charge in [-0.15, -0.1) is 0 Å². The van der Waals surface area contributed by atoms with Crippen molar-refractivity contribution in [3.8, 4) is 5.75 Å². The summed E-state index contributed by atoms with van der Waals surface area (Å²) in [5, 5.41) is 9.74. The Morgan fingerprint density at radius 3 is 2.32 bits per heavy atom. The van der Waals surface area contributed by atoms with Gasteiger partial charge in [0.25, 0.3) is 10.0 Å². The third kappa shape index (κ3) is 2.83. The lowest BCUT2D eigenvalue weighted by Gasteiger charge is -2.19. The molecule has 0 aliphatic rings. The standard InChI is InChI=1S/C13H12ClNO3S/c1-15(11-7-10(14)8-12(16)9-11)19(17,18)13-5-3-2-4-6-13/h2-9,16H,1H3. The molecule has 1 N–H and O–H groups in total. The highest BCUT2D eigenvalue weighted by Gasteiger charge is 2.21. The van der Waals surface area contributed by atoms with E-state index in [1.165, 1.54) is 37.4 Å². The molecular formula is C13H12ClNO3S. The predicted octanol–water partition coefficient (Wildman–Crippen LogP) is 2.87. The number of phenolic OH excluding ortho intramolecular Hbond substituents is 1. The summed E-state index contributed by atoms with van der Waals surface area (Å²) in [6.45, 7) is 0. The van der Waals surface area contributed by atoms with Crippen molar-refractivity contribution in [3.63, 3.8) is 0 Å². The van der Waals surface area contributed by atoms with Crippen LogP contribution in [0.5, 0.6) is 5.75 Å². The average molecular weight is 298 g/mol. The highest BCUT2D eigenvalue weighted by Crippen LogP contribution is 2.28. The van der Waals surface area contributed by atoms with Gasteiger partial charge < -0.3 is 5.11 Å². The van der Waals surface area contributed by atoms with E-state index >= 15 is 0 Å². The molecule has 0 unspecified atom stereocenters. The molecule has 0 spiro atoms. The van der Waals surface area contributed by atoms with Crippen molar-refractivity contribution in [3.05, 3.63) is 53.6 Å². The van der Waals surface area contributed by atoms with E-state index in [0.29, 0.717) is 5.69 Å². The third-order valence-corrected chi connectivity index (χ3v) is 4.65. The molecule has 0 heterocycles. The first-order chi connectivity index (χ1) is 8.91. The lowest BCUT2D eigenvalue weighted by molar-refractivity contribution is 0.475. The minimum absolute atomic E-state index is 0.0855. The Morgan fingerprint density at radius 2 is 1.74 bits per heavy atom. The van der Waals surface area contributed by atoms with Gasteiger partial charge in [-0.25, -0.2) is 8.42 Å². The van der Waals surface area contributed by atoms with E-state index in [2.05, 4.69) is 0 Å². The van der Waals surface area contributed by atoms with E-state index in [1.54, 1.807) is 18.2 Å². The summed E-state index contributed by atoms with van der Waals surface area (Å²) in [5.41, 5.74) is 0.300. The summed E-state index contributed by atoms with van der Waals surface area (Å²) in [7, 11) is -2.25. The molecule has 0 aliphatic heterocycles. The molecule has 6 heteroatoms. The third-order valence-electron chi connectivity index (χ3n) is 2.63. The van der Waals surface area contributed by atoms with Gasteiger partial charge in [0.2, 0.25) is 0 Å². The van der Waals surface area contributed by atoms with Gasteiger partial charge in [-0.1, -0.05) is 29.8 Å². The predicted molar refractivity (Wildman–Crippen MR) is 75.1 cm³/mol. The van der Waals surface area contributed by atoms with Crippen LogP contribution in [0.2, 0.25) is 5.02 Å². The highest BCUT2D eigenvalue weighted by molar-refractivity contribution is 7.92. The normalized spacial score (nSPS) is 11.3. The van der Waals surface area contributed by atoms with E-state index < -0.39 is 10.0 Å². The van der Waals surface area contributed by atoms with Crippen molar-refractivity contribution < 1.29 is 13.5 Å². The Bertz CT molecular complexity index is 666. The van der Waals surface area contributed by atoms with Gasteiger partial charge in [-0.05, 0) is 24.3 Å². The van der Waals surface area contributed by atoms with Gasteiger partial charge >= 0.3 is 0 Å². The van der Waals surface area contributed by atoms with Crippen LogP contribution < -0.4 is 4.31 Å². The molecule has 0 radical (unpaired) electrons.